The largest absolute Gasteiger partial charge is 0.491 e. The number of carbonyl (C=O) groups is 1. The molecule has 0 aromatic heterocycles. The monoisotopic (exact) mass is 319 g/mol. The average molecular weight is 319 g/mol. The Kier molecular flexibility index (Phi) is 7.40. The normalized spacial score (nSPS) is 16.8. The molecule has 0 saturated heterocycles. The van der Waals surface area contributed by atoms with Crippen molar-refractivity contribution in [3.05, 3.63) is 24.3 Å². The highest BCUT2D eigenvalue weighted by molar-refractivity contribution is 5.76. The molecule has 1 fully saturated rings. The van der Waals surface area contributed by atoms with E-state index >= 15 is 0 Å². The number of methoxy groups -OCH3 is 1. The highest BCUT2D eigenvalue weighted by Gasteiger charge is 2.24. The van der Waals surface area contributed by atoms with Crippen molar-refractivity contribution in [2.24, 2.45) is 5.92 Å². The zero-order valence-corrected chi connectivity index (χ0v) is 14.3. The summed E-state index contributed by atoms with van der Waals surface area (Å²) in [6.45, 7) is 2.82. The van der Waals surface area contributed by atoms with Gasteiger partial charge in [-0.2, -0.15) is 0 Å². The molecule has 1 aromatic carbocycles. The molecule has 128 valence electrons. The van der Waals surface area contributed by atoms with Crippen LogP contribution in [0.1, 0.15) is 45.4 Å². The van der Waals surface area contributed by atoms with Crippen molar-refractivity contribution >= 4 is 11.5 Å². The van der Waals surface area contributed by atoms with Crippen LogP contribution in [-0.4, -0.2) is 32.1 Å². The van der Waals surface area contributed by atoms with Gasteiger partial charge < -0.3 is 14.8 Å². The smallest absolute Gasteiger partial charge is 0.131 e. The van der Waals surface area contributed by atoms with Crippen LogP contribution in [0.3, 0.4) is 0 Å². The SMILES string of the molecule is COCCOc1ccc(N[C@@H](CC(C)=O)C2CCCCC2)cc1. The summed E-state index contributed by atoms with van der Waals surface area (Å²) in [5, 5.41) is 3.57. The van der Waals surface area contributed by atoms with Crippen LogP contribution in [0.2, 0.25) is 0 Å². The van der Waals surface area contributed by atoms with Crippen LogP contribution in [0, 0.1) is 5.92 Å². The molecule has 4 nitrogen and oxygen atoms in total. The number of hydrogen-bond donors (Lipinski definition) is 1. The van der Waals surface area contributed by atoms with Crippen LogP contribution in [0.15, 0.2) is 24.3 Å². The highest BCUT2D eigenvalue weighted by atomic mass is 16.5. The van der Waals surface area contributed by atoms with E-state index in [1.165, 1.54) is 32.1 Å². The van der Waals surface area contributed by atoms with Gasteiger partial charge in [0.2, 0.25) is 0 Å². The lowest BCUT2D eigenvalue weighted by atomic mass is 9.82. The summed E-state index contributed by atoms with van der Waals surface area (Å²) < 4.78 is 10.6. The van der Waals surface area contributed by atoms with Crippen molar-refractivity contribution in [2.75, 3.05) is 25.6 Å². The van der Waals surface area contributed by atoms with E-state index in [0.717, 1.165) is 11.4 Å². The topological polar surface area (TPSA) is 47.6 Å². The molecule has 1 aromatic rings. The molecule has 1 atom stereocenters. The first-order valence-corrected chi connectivity index (χ1v) is 8.67. The summed E-state index contributed by atoms with van der Waals surface area (Å²) in [5.41, 5.74) is 1.06. The third-order valence-corrected chi connectivity index (χ3v) is 4.49. The lowest BCUT2D eigenvalue weighted by Crippen LogP contribution is -2.32. The predicted octanol–water partition coefficient (Wildman–Crippen LogP) is 4.05. The molecule has 1 saturated carbocycles. The van der Waals surface area contributed by atoms with Gasteiger partial charge in [-0.05, 0) is 49.9 Å². The van der Waals surface area contributed by atoms with Gasteiger partial charge in [0.05, 0.1) is 6.61 Å². The lowest BCUT2D eigenvalue weighted by molar-refractivity contribution is -0.117. The molecule has 0 unspecified atom stereocenters. The zero-order chi connectivity index (χ0) is 16.5. The summed E-state index contributed by atoms with van der Waals surface area (Å²) in [6, 6.07) is 8.22. The molecular formula is C19H29NO3. The fourth-order valence-corrected chi connectivity index (χ4v) is 3.29. The van der Waals surface area contributed by atoms with E-state index in [4.69, 9.17) is 9.47 Å². The van der Waals surface area contributed by atoms with Crippen LogP contribution in [0.5, 0.6) is 5.75 Å². The molecule has 0 aliphatic heterocycles. The molecule has 1 aliphatic rings. The molecular weight excluding hydrogens is 290 g/mol. The number of benzene rings is 1. The number of Topliss-reactive ketones (excluding diaryl/α,β-unsaturated/α-hetero) is 1. The van der Waals surface area contributed by atoms with Gasteiger partial charge in [0.25, 0.3) is 0 Å². The number of ketones is 1. The fourth-order valence-electron chi connectivity index (χ4n) is 3.29. The average Bonchev–Trinajstić information content (AvgIpc) is 2.56. The number of ether oxygens (including phenoxy) is 2. The number of nitrogens with one attached hydrogen (secondary N) is 1. The van der Waals surface area contributed by atoms with Crippen molar-refractivity contribution in [2.45, 2.75) is 51.5 Å². The minimum atomic E-state index is 0.244. The van der Waals surface area contributed by atoms with E-state index in [2.05, 4.69) is 5.32 Å². The van der Waals surface area contributed by atoms with Crippen molar-refractivity contribution in [1.82, 2.24) is 0 Å². The van der Waals surface area contributed by atoms with E-state index in [9.17, 15) is 4.79 Å². The van der Waals surface area contributed by atoms with Crippen molar-refractivity contribution in [1.29, 1.82) is 0 Å². The van der Waals surface area contributed by atoms with Crippen LogP contribution < -0.4 is 10.1 Å². The van der Waals surface area contributed by atoms with Gasteiger partial charge in [0.1, 0.15) is 18.1 Å². The molecule has 0 heterocycles. The molecule has 0 spiro atoms. The molecule has 2 rings (SSSR count). The van der Waals surface area contributed by atoms with Crippen LogP contribution in [0.4, 0.5) is 5.69 Å². The second kappa shape index (κ2) is 9.56. The molecule has 0 radical (unpaired) electrons. The zero-order valence-electron chi connectivity index (χ0n) is 14.3. The minimum Gasteiger partial charge on any atom is -0.491 e. The van der Waals surface area contributed by atoms with E-state index in [1.54, 1.807) is 14.0 Å². The molecule has 4 heteroatoms. The Morgan fingerprint density at radius 1 is 1.17 bits per heavy atom. The van der Waals surface area contributed by atoms with Gasteiger partial charge in [-0.25, -0.2) is 0 Å². The quantitative estimate of drug-likeness (QED) is 0.698. The van der Waals surface area contributed by atoms with Gasteiger partial charge in [-0.3, -0.25) is 4.79 Å². The maximum atomic E-state index is 11.6. The second-order valence-corrected chi connectivity index (χ2v) is 6.42. The first kappa shape index (κ1) is 17.8. The molecule has 23 heavy (non-hydrogen) atoms. The fraction of sp³-hybridized carbons (Fsp3) is 0.632. The Balaban J connectivity index is 1.93. The maximum absolute atomic E-state index is 11.6. The highest BCUT2D eigenvalue weighted by Crippen LogP contribution is 2.30. The van der Waals surface area contributed by atoms with Gasteiger partial charge in [-0.1, -0.05) is 19.3 Å². The molecule has 1 N–H and O–H groups in total. The maximum Gasteiger partial charge on any atom is 0.131 e. The van der Waals surface area contributed by atoms with Crippen molar-refractivity contribution < 1.29 is 14.3 Å². The van der Waals surface area contributed by atoms with Gasteiger partial charge >= 0.3 is 0 Å². The summed E-state index contributed by atoms with van der Waals surface area (Å²) >= 11 is 0. The van der Waals surface area contributed by atoms with E-state index in [1.807, 2.05) is 24.3 Å². The van der Waals surface area contributed by atoms with Crippen molar-refractivity contribution in [3.8, 4) is 5.75 Å². The number of carbonyl (C=O) groups excluding carboxylic acids is 1. The Bertz CT molecular complexity index is 466. The third-order valence-electron chi connectivity index (χ3n) is 4.49. The molecule has 1 aliphatic carbocycles. The summed E-state index contributed by atoms with van der Waals surface area (Å²) in [5.74, 6) is 1.70. The van der Waals surface area contributed by atoms with E-state index in [-0.39, 0.29) is 11.8 Å². The number of anilines is 1. The summed E-state index contributed by atoms with van der Waals surface area (Å²) in [6.07, 6.45) is 6.96. The van der Waals surface area contributed by atoms with Crippen LogP contribution in [-0.2, 0) is 9.53 Å². The second-order valence-electron chi connectivity index (χ2n) is 6.42. The van der Waals surface area contributed by atoms with Gasteiger partial charge in [0.15, 0.2) is 0 Å². The van der Waals surface area contributed by atoms with Crippen molar-refractivity contribution in [3.63, 3.8) is 0 Å². The summed E-state index contributed by atoms with van der Waals surface area (Å²) in [4.78, 5) is 11.6. The van der Waals surface area contributed by atoms with Gasteiger partial charge in [-0.15, -0.1) is 0 Å². The number of hydrogen-bond acceptors (Lipinski definition) is 4. The molecule has 0 amide bonds. The predicted molar refractivity (Wildman–Crippen MR) is 93.1 cm³/mol. The van der Waals surface area contributed by atoms with Crippen LogP contribution in [0.25, 0.3) is 0 Å². The minimum absolute atomic E-state index is 0.244. The first-order chi connectivity index (χ1) is 11.2. The Labute approximate surface area is 139 Å². The Morgan fingerprint density at radius 2 is 1.87 bits per heavy atom. The molecule has 0 bridgehead atoms. The first-order valence-electron chi connectivity index (χ1n) is 8.67. The summed E-state index contributed by atoms with van der Waals surface area (Å²) in [7, 11) is 1.66. The number of rotatable bonds is 9. The van der Waals surface area contributed by atoms with Crippen LogP contribution >= 0.6 is 0 Å². The third kappa shape index (κ3) is 6.22. The van der Waals surface area contributed by atoms with Gasteiger partial charge in [0, 0.05) is 25.3 Å². The Hall–Kier alpha value is -1.55. The lowest BCUT2D eigenvalue weighted by Gasteiger charge is -2.31. The standard InChI is InChI=1S/C19H29NO3/c1-15(21)14-19(16-6-4-3-5-7-16)20-17-8-10-18(11-9-17)23-13-12-22-2/h8-11,16,19-20H,3-7,12-14H2,1-2H3/t19-/m0/s1. The van der Waals surface area contributed by atoms with E-state index < -0.39 is 0 Å². The Morgan fingerprint density at radius 3 is 2.48 bits per heavy atom. The van der Waals surface area contributed by atoms with E-state index in [0.29, 0.717) is 25.6 Å².